The molecule has 2 aromatic rings. The molecule has 4 N–H and O–H groups in total. The Morgan fingerprint density at radius 3 is 2.43 bits per heavy atom. The number of rotatable bonds is 5. The highest BCUT2D eigenvalue weighted by Crippen LogP contribution is 2.11. The van der Waals surface area contributed by atoms with E-state index in [2.05, 4.69) is 15.6 Å². The molecule has 1 aromatic heterocycles. The number of carbonyl (C=O) groups is 2. The lowest BCUT2D eigenvalue weighted by molar-refractivity contribution is 0.0925. The molecule has 6 nitrogen and oxygen atoms in total. The van der Waals surface area contributed by atoms with Gasteiger partial charge in [-0.2, -0.15) is 0 Å². The molecule has 1 fully saturated rings. The van der Waals surface area contributed by atoms with Crippen LogP contribution in [0.4, 0.5) is 0 Å². The number of carbonyl (C=O) groups excluding carboxylic acids is 2. The number of β-amino-alcohol motifs (C(OH)–C–C–N with tert-alkyl or cyclic N) is 1. The Hall–Kier alpha value is -2.44. The molecule has 1 aromatic carbocycles. The molecule has 1 amide bonds. The number of ketones is 1. The minimum absolute atomic E-state index is 0.0355. The smallest absolute Gasteiger partial charge is 0.251 e. The molecule has 0 bridgehead atoms. The highest BCUT2D eigenvalue weighted by Gasteiger charge is 2.25. The first-order valence-electron chi connectivity index (χ1n) is 7.59. The number of amides is 1. The van der Waals surface area contributed by atoms with Gasteiger partial charge in [0, 0.05) is 54.6 Å². The Morgan fingerprint density at radius 1 is 1.09 bits per heavy atom. The zero-order valence-electron chi connectivity index (χ0n) is 12.6. The number of nitrogens with one attached hydrogen (secondary N) is 3. The number of hydrogen-bond donors (Lipinski definition) is 4. The number of aromatic nitrogens is 1. The molecule has 0 spiro atoms. The fraction of sp³-hybridized carbons (Fsp3) is 0.294. The van der Waals surface area contributed by atoms with E-state index in [1.54, 1.807) is 42.7 Å². The van der Waals surface area contributed by atoms with Crippen LogP contribution in [-0.2, 0) is 0 Å². The summed E-state index contributed by atoms with van der Waals surface area (Å²) in [4.78, 5) is 27.1. The van der Waals surface area contributed by atoms with E-state index in [0.29, 0.717) is 36.3 Å². The SMILES string of the molecule is O=C(NCC1CNCC1O)c1ccc(C(=O)c2cc[nH]c2)cc1. The lowest BCUT2D eigenvalue weighted by atomic mass is 10.0. The van der Waals surface area contributed by atoms with E-state index < -0.39 is 6.10 Å². The van der Waals surface area contributed by atoms with Crippen molar-refractivity contribution >= 4 is 11.7 Å². The van der Waals surface area contributed by atoms with Gasteiger partial charge in [0.25, 0.3) is 5.91 Å². The summed E-state index contributed by atoms with van der Waals surface area (Å²) in [7, 11) is 0. The van der Waals surface area contributed by atoms with Gasteiger partial charge in [-0.3, -0.25) is 9.59 Å². The van der Waals surface area contributed by atoms with E-state index in [9.17, 15) is 14.7 Å². The fourth-order valence-electron chi connectivity index (χ4n) is 2.66. The summed E-state index contributed by atoms with van der Waals surface area (Å²) < 4.78 is 0. The minimum atomic E-state index is -0.420. The molecule has 1 aliphatic rings. The monoisotopic (exact) mass is 313 g/mol. The molecule has 1 saturated heterocycles. The van der Waals surface area contributed by atoms with E-state index in [1.807, 2.05) is 0 Å². The van der Waals surface area contributed by atoms with Crippen LogP contribution in [0.15, 0.2) is 42.7 Å². The van der Waals surface area contributed by atoms with Crippen LogP contribution < -0.4 is 10.6 Å². The topological polar surface area (TPSA) is 94.2 Å². The molecular formula is C17H19N3O3. The standard InChI is InChI=1S/C17H19N3O3/c21-15-10-19-8-14(15)9-20-17(23)12-3-1-11(2-4-12)16(22)13-5-6-18-7-13/h1-7,14-15,18-19,21H,8-10H2,(H,20,23). The summed E-state index contributed by atoms with van der Waals surface area (Å²) in [5, 5.41) is 15.6. The number of benzene rings is 1. The molecule has 23 heavy (non-hydrogen) atoms. The van der Waals surface area contributed by atoms with Crippen LogP contribution in [0.5, 0.6) is 0 Å². The van der Waals surface area contributed by atoms with Gasteiger partial charge in [-0.15, -0.1) is 0 Å². The highest BCUT2D eigenvalue weighted by atomic mass is 16.3. The lowest BCUT2D eigenvalue weighted by Gasteiger charge is -2.14. The molecule has 0 saturated carbocycles. The van der Waals surface area contributed by atoms with Crippen molar-refractivity contribution in [1.29, 1.82) is 0 Å². The molecule has 1 aliphatic heterocycles. The molecule has 2 unspecified atom stereocenters. The maximum absolute atomic E-state index is 12.2. The molecule has 3 rings (SSSR count). The molecule has 2 heterocycles. The zero-order chi connectivity index (χ0) is 16.2. The normalized spacial score (nSPS) is 20.4. The first-order chi connectivity index (χ1) is 11.1. The van der Waals surface area contributed by atoms with Crippen molar-refractivity contribution in [3.8, 4) is 0 Å². The van der Waals surface area contributed by atoms with E-state index in [1.165, 1.54) is 0 Å². The van der Waals surface area contributed by atoms with Crippen molar-refractivity contribution in [1.82, 2.24) is 15.6 Å². The van der Waals surface area contributed by atoms with Crippen molar-refractivity contribution in [2.75, 3.05) is 19.6 Å². The van der Waals surface area contributed by atoms with Crippen LogP contribution in [0.2, 0.25) is 0 Å². The molecule has 2 atom stereocenters. The third-order valence-corrected chi connectivity index (χ3v) is 4.10. The largest absolute Gasteiger partial charge is 0.391 e. The first kappa shape index (κ1) is 15.5. The van der Waals surface area contributed by atoms with Crippen LogP contribution >= 0.6 is 0 Å². The van der Waals surface area contributed by atoms with Gasteiger partial charge in [0.15, 0.2) is 5.78 Å². The van der Waals surface area contributed by atoms with Gasteiger partial charge in [0.1, 0.15) is 0 Å². The number of aromatic amines is 1. The predicted molar refractivity (Wildman–Crippen MR) is 85.4 cm³/mol. The predicted octanol–water partition coefficient (Wildman–Crippen LogP) is 0.556. The van der Waals surface area contributed by atoms with Crippen LogP contribution in [0.3, 0.4) is 0 Å². The second kappa shape index (κ2) is 6.76. The summed E-state index contributed by atoms with van der Waals surface area (Å²) in [6, 6.07) is 8.29. The second-order valence-electron chi connectivity index (χ2n) is 5.70. The fourth-order valence-corrected chi connectivity index (χ4v) is 2.66. The van der Waals surface area contributed by atoms with Crippen LogP contribution in [0.25, 0.3) is 0 Å². The highest BCUT2D eigenvalue weighted by molar-refractivity contribution is 6.09. The second-order valence-corrected chi connectivity index (χ2v) is 5.70. The van der Waals surface area contributed by atoms with E-state index >= 15 is 0 Å². The third-order valence-electron chi connectivity index (χ3n) is 4.10. The van der Waals surface area contributed by atoms with Gasteiger partial charge < -0.3 is 20.7 Å². The summed E-state index contributed by atoms with van der Waals surface area (Å²) >= 11 is 0. The van der Waals surface area contributed by atoms with Gasteiger partial charge in [-0.05, 0) is 18.2 Å². The van der Waals surface area contributed by atoms with E-state index in [0.717, 1.165) is 0 Å². The maximum Gasteiger partial charge on any atom is 0.251 e. The maximum atomic E-state index is 12.2. The minimum Gasteiger partial charge on any atom is -0.391 e. The lowest BCUT2D eigenvalue weighted by Crippen LogP contribution is -2.34. The van der Waals surface area contributed by atoms with Gasteiger partial charge in [-0.25, -0.2) is 0 Å². The molecule has 0 aliphatic carbocycles. The summed E-state index contributed by atoms with van der Waals surface area (Å²) in [6.45, 7) is 1.69. The molecule has 6 heteroatoms. The summed E-state index contributed by atoms with van der Waals surface area (Å²) in [5.74, 6) is -0.253. The van der Waals surface area contributed by atoms with Crippen LogP contribution in [0.1, 0.15) is 26.3 Å². The Kier molecular flexibility index (Phi) is 4.55. The number of H-pyrrole nitrogens is 1. The van der Waals surface area contributed by atoms with Crippen molar-refractivity contribution in [3.05, 3.63) is 59.4 Å². The van der Waals surface area contributed by atoms with Crippen LogP contribution in [0, 0.1) is 5.92 Å². The number of aliphatic hydroxyl groups excluding tert-OH is 1. The van der Waals surface area contributed by atoms with E-state index in [4.69, 9.17) is 0 Å². The van der Waals surface area contributed by atoms with Crippen LogP contribution in [-0.4, -0.2) is 47.5 Å². The van der Waals surface area contributed by atoms with Gasteiger partial charge in [0.05, 0.1) is 6.10 Å². The summed E-state index contributed by atoms with van der Waals surface area (Å²) in [5.41, 5.74) is 1.62. The Labute approximate surface area is 133 Å². The molecular weight excluding hydrogens is 294 g/mol. The summed E-state index contributed by atoms with van der Waals surface area (Å²) in [6.07, 6.45) is 2.92. The number of hydrogen-bond acceptors (Lipinski definition) is 4. The van der Waals surface area contributed by atoms with Crippen molar-refractivity contribution in [2.24, 2.45) is 5.92 Å². The Balaban J connectivity index is 1.60. The average Bonchev–Trinajstić information content (AvgIpc) is 3.24. The van der Waals surface area contributed by atoms with Crippen molar-refractivity contribution in [3.63, 3.8) is 0 Å². The third kappa shape index (κ3) is 3.49. The molecule has 0 radical (unpaired) electrons. The van der Waals surface area contributed by atoms with E-state index in [-0.39, 0.29) is 17.6 Å². The van der Waals surface area contributed by atoms with Gasteiger partial charge in [0.2, 0.25) is 0 Å². The first-order valence-corrected chi connectivity index (χ1v) is 7.59. The quantitative estimate of drug-likeness (QED) is 0.607. The molecule has 120 valence electrons. The Bertz CT molecular complexity index is 680. The zero-order valence-corrected chi connectivity index (χ0v) is 12.6. The Morgan fingerprint density at radius 2 is 1.83 bits per heavy atom. The van der Waals surface area contributed by atoms with Gasteiger partial charge in [-0.1, -0.05) is 12.1 Å². The van der Waals surface area contributed by atoms with Crippen molar-refractivity contribution in [2.45, 2.75) is 6.10 Å². The van der Waals surface area contributed by atoms with Gasteiger partial charge >= 0.3 is 0 Å². The number of aliphatic hydroxyl groups is 1. The average molecular weight is 313 g/mol. The van der Waals surface area contributed by atoms with Crippen molar-refractivity contribution < 1.29 is 14.7 Å².